The molecule has 21 nitrogen and oxygen atoms in total. The fraction of sp³-hybridized carbons (Fsp3) is 0.576. The Labute approximate surface area is 310 Å². The molecular weight excluding hydrogens is 714 g/mol. The van der Waals surface area contributed by atoms with Crippen LogP contribution >= 0.6 is 0 Å². The number of amides is 6. The minimum atomic E-state index is -1.61. The lowest BCUT2D eigenvalue weighted by Gasteiger charge is -2.33. The van der Waals surface area contributed by atoms with E-state index < -0.39 is 78.4 Å². The number of nitrogens with zero attached hydrogens (tertiary/aromatic N) is 3. The zero-order valence-corrected chi connectivity index (χ0v) is 30.1. The van der Waals surface area contributed by atoms with Crippen molar-refractivity contribution in [2.75, 3.05) is 39.8 Å². The molecule has 0 unspecified atom stereocenters. The van der Waals surface area contributed by atoms with E-state index in [2.05, 4.69) is 26.3 Å². The minimum Gasteiger partial charge on any atom is -0.507 e. The standard InChI is InChI=1S/C33H49N9O12/c1-19-27(40-26(45)16-35-28(46)23-17-53-31(39-23)20-8-3-4-12-25(20)44)32(49)41(2)24(11-6-14-36-51)30(48)37-21(9-5-13-34)29(47)38-22(33(50)54-19)10-7-15-42(52)18-43/h3-4,8,12,18-19,21-24,27,36,44,51-52H,5-7,9-11,13-17,34H2,1-2H3,(H,35,46)(H,37,48)(H,38,47)(H,40,45)/t19-,21+,22+,23+,24+,27-/m1/s1. The van der Waals surface area contributed by atoms with E-state index in [1.165, 1.54) is 20.0 Å². The minimum absolute atomic E-state index is 0.00148. The van der Waals surface area contributed by atoms with Gasteiger partial charge in [-0.1, -0.05) is 12.1 Å². The van der Waals surface area contributed by atoms with Crippen molar-refractivity contribution in [3.63, 3.8) is 0 Å². The van der Waals surface area contributed by atoms with E-state index in [0.717, 1.165) is 4.90 Å². The second-order valence-electron chi connectivity index (χ2n) is 12.7. The van der Waals surface area contributed by atoms with Crippen LogP contribution in [0.15, 0.2) is 29.3 Å². The van der Waals surface area contributed by atoms with Crippen LogP contribution in [0.3, 0.4) is 0 Å². The number of hydroxylamine groups is 3. The molecule has 54 heavy (non-hydrogen) atoms. The number of rotatable bonds is 17. The molecule has 6 amide bonds. The second kappa shape index (κ2) is 21.4. The van der Waals surface area contributed by atoms with Gasteiger partial charge in [-0.15, -0.1) is 0 Å². The molecule has 0 bridgehead atoms. The van der Waals surface area contributed by atoms with Crippen molar-refractivity contribution in [1.82, 2.24) is 36.7 Å². The van der Waals surface area contributed by atoms with E-state index >= 15 is 0 Å². The third-order valence-corrected chi connectivity index (χ3v) is 8.68. The van der Waals surface area contributed by atoms with Crippen molar-refractivity contribution >= 4 is 47.8 Å². The van der Waals surface area contributed by atoms with Gasteiger partial charge >= 0.3 is 5.97 Å². The number of phenolic OH excluding ortho intramolecular Hbond substituents is 1. The molecule has 1 aromatic rings. The van der Waals surface area contributed by atoms with E-state index in [1.807, 2.05) is 5.48 Å². The van der Waals surface area contributed by atoms with Gasteiger partial charge in [0.1, 0.15) is 42.6 Å². The summed E-state index contributed by atoms with van der Waals surface area (Å²) in [4.78, 5) is 97.0. The summed E-state index contributed by atoms with van der Waals surface area (Å²) in [5, 5.41) is 39.2. The number of phenols is 1. The third kappa shape index (κ3) is 12.4. The lowest BCUT2D eigenvalue weighted by molar-refractivity contribution is -0.158. The number of hydrogen-bond donors (Lipinski definition) is 9. The van der Waals surface area contributed by atoms with E-state index in [-0.39, 0.29) is 82.0 Å². The van der Waals surface area contributed by atoms with Crippen LogP contribution in [0.1, 0.15) is 51.0 Å². The smallest absolute Gasteiger partial charge is 0.328 e. The fourth-order valence-electron chi connectivity index (χ4n) is 5.67. The van der Waals surface area contributed by atoms with Crippen molar-refractivity contribution in [3.05, 3.63) is 29.8 Å². The van der Waals surface area contributed by atoms with E-state index in [4.69, 9.17) is 20.4 Å². The number of esters is 1. The van der Waals surface area contributed by atoms with Gasteiger partial charge in [-0.05, 0) is 64.1 Å². The molecule has 2 aliphatic rings. The Morgan fingerprint density at radius 1 is 1.07 bits per heavy atom. The van der Waals surface area contributed by atoms with Gasteiger partial charge in [-0.25, -0.2) is 20.3 Å². The number of hydrogen-bond acceptors (Lipinski definition) is 15. The Morgan fingerprint density at radius 3 is 2.46 bits per heavy atom. The molecule has 0 aliphatic carbocycles. The predicted molar refractivity (Wildman–Crippen MR) is 186 cm³/mol. The second-order valence-corrected chi connectivity index (χ2v) is 12.7. The molecule has 1 aromatic carbocycles. The third-order valence-electron chi connectivity index (χ3n) is 8.68. The molecule has 21 heteroatoms. The number of aromatic hydroxyl groups is 1. The maximum Gasteiger partial charge on any atom is 0.328 e. The van der Waals surface area contributed by atoms with Gasteiger partial charge < -0.3 is 51.7 Å². The SMILES string of the molecule is C[C@H]1OC(=O)[C@H](CCCN(O)C=O)NC(=O)[C@H](CCCN)NC(=O)[C@H](CCCNO)N(C)C(=O)[C@@H]1NC(=O)CNC(=O)[C@@H]1COC(c2ccccc2O)=N1. The molecule has 2 heterocycles. The van der Waals surface area contributed by atoms with Crippen LogP contribution in [0.4, 0.5) is 0 Å². The molecule has 0 aromatic heterocycles. The van der Waals surface area contributed by atoms with Gasteiger partial charge in [0, 0.05) is 20.1 Å². The lowest BCUT2D eigenvalue weighted by atomic mass is 10.0. The number of benzene rings is 1. The van der Waals surface area contributed by atoms with Gasteiger partial charge in [0.25, 0.3) is 0 Å². The monoisotopic (exact) mass is 763 g/mol. The summed E-state index contributed by atoms with van der Waals surface area (Å²) in [5.41, 5.74) is 7.91. The van der Waals surface area contributed by atoms with Crippen LogP contribution in [0.5, 0.6) is 5.75 Å². The average molecular weight is 764 g/mol. The van der Waals surface area contributed by atoms with Crippen LogP contribution in [0.2, 0.25) is 0 Å². The first-order valence-electron chi connectivity index (χ1n) is 17.4. The molecule has 298 valence electrons. The zero-order valence-electron chi connectivity index (χ0n) is 30.1. The van der Waals surface area contributed by atoms with Gasteiger partial charge in [-0.2, -0.15) is 0 Å². The van der Waals surface area contributed by atoms with Crippen LogP contribution in [0, 0.1) is 0 Å². The Hall–Kier alpha value is -5.38. The van der Waals surface area contributed by atoms with Crippen LogP contribution < -0.4 is 32.5 Å². The molecular formula is C33H49N9O12. The highest BCUT2D eigenvalue weighted by atomic mass is 16.5. The lowest BCUT2D eigenvalue weighted by Crippen LogP contribution is -2.60. The van der Waals surface area contributed by atoms with Gasteiger partial charge in [0.2, 0.25) is 41.8 Å². The normalized spacial score (nSPS) is 23.6. The number of aliphatic imine (C=N–C) groups is 1. The summed E-state index contributed by atoms with van der Waals surface area (Å²) >= 11 is 0. The number of likely N-dealkylation sites (N-methyl/N-ethyl adjacent to an activating group) is 1. The fourth-order valence-corrected chi connectivity index (χ4v) is 5.67. The first kappa shape index (κ1) is 43.0. The first-order chi connectivity index (χ1) is 25.8. The van der Waals surface area contributed by atoms with Gasteiger partial charge in [-0.3, -0.25) is 34.0 Å². The van der Waals surface area contributed by atoms with E-state index in [9.17, 15) is 43.9 Å². The summed E-state index contributed by atoms with van der Waals surface area (Å²) < 4.78 is 11.1. The maximum atomic E-state index is 14.1. The number of nitrogens with one attached hydrogen (secondary N) is 5. The first-order valence-corrected chi connectivity index (χ1v) is 17.4. The van der Waals surface area contributed by atoms with E-state index in [0.29, 0.717) is 11.5 Å². The van der Waals surface area contributed by atoms with Gasteiger partial charge in [0.05, 0.1) is 12.1 Å². The maximum absolute atomic E-state index is 14.1. The van der Waals surface area contributed by atoms with Crippen molar-refractivity contribution < 1.29 is 58.6 Å². The van der Waals surface area contributed by atoms with E-state index in [1.54, 1.807) is 18.2 Å². The molecule has 6 atom stereocenters. The highest BCUT2D eigenvalue weighted by Gasteiger charge is 2.39. The van der Waals surface area contributed by atoms with Crippen LogP contribution in [-0.4, -0.2) is 149 Å². The van der Waals surface area contributed by atoms with Crippen molar-refractivity contribution in [3.8, 4) is 5.75 Å². The Bertz CT molecular complexity index is 1530. The van der Waals surface area contributed by atoms with Crippen LogP contribution in [0.25, 0.3) is 0 Å². The number of cyclic esters (lactones) is 1. The number of nitrogens with two attached hydrogens (primary N) is 1. The van der Waals surface area contributed by atoms with Gasteiger partial charge in [0.15, 0.2) is 6.04 Å². The Balaban J connectivity index is 1.86. The summed E-state index contributed by atoms with van der Waals surface area (Å²) in [6.07, 6.45) is -0.771. The summed E-state index contributed by atoms with van der Waals surface area (Å²) in [7, 11) is 1.29. The topological polar surface area (TPSA) is 304 Å². The molecule has 10 N–H and O–H groups in total. The predicted octanol–water partition coefficient (Wildman–Crippen LogP) is -2.99. The number of carbonyl (C=O) groups excluding carboxylic acids is 7. The average Bonchev–Trinajstić information content (AvgIpc) is 3.65. The number of ether oxygens (including phenoxy) is 2. The van der Waals surface area contributed by atoms with Crippen molar-refractivity contribution in [2.45, 2.75) is 81.8 Å². The Morgan fingerprint density at radius 2 is 1.78 bits per heavy atom. The quantitative estimate of drug-likeness (QED) is 0.0251. The molecule has 0 saturated carbocycles. The highest BCUT2D eigenvalue weighted by Crippen LogP contribution is 2.21. The summed E-state index contributed by atoms with van der Waals surface area (Å²) in [5.74, 6) is -4.99. The Kier molecular flexibility index (Phi) is 17.0. The summed E-state index contributed by atoms with van der Waals surface area (Å²) in [6, 6.07) is -0.213. The molecule has 0 radical (unpaired) electrons. The number of para-hydroxylation sites is 1. The number of carbonyl (C=O) groups is 7. The van der Waals surface area contributed by atoms with Crippen molar-refractivity contribution in [2.24, 2.45) is 10.7 Å². The highest BCUT2D eigenvalue weighted by molar-refractivity contribution is 6.01. The zero-order chi connectivity index (χ0) is 39.8. The molecule has 0 spiro atoms. The summed E-state index contributed by atoms with van der Waals surface area (Å²) in [6.45, 7) is 0.533. The molecule has 2 aliphatic heterocycles. The molecule has 1 saturated heterocycles. The van der Waals surface area contributed by atoms with Crippen molar-refractivity contribution in [1.29, 1.82) is 0 Å². The largest absolute Gasteiger partial charge is 0.507 e. The van der Waals surface area contributed by atoms with Crippen LogP contribution in [-0.2, 0) is 43.0 Å². The molecule has 3 rings (SSSR count). The molecule has 1 fully saturated rings.